The van der Waals surface area contributed by atoms with E-state index in [1.807, 2.05) is 0 Å². The molecule has 0 radical (unpaired) electrons. The molecule has 17 heavy (non-hydrogen) atoms. The van der Waals surface area contributed by atoms with Gasteiger partial charge in [0, 0.05) is 24.8 Å². The van der Waals surface area contributed by atoms with E-state index in [-0.39, 0.29) is 0 Å². The van der Waals surface area contributed by atoms with E-state index in [0.29, 0.717) is 5.41 Å². The summed E-state index contributed by atoms with van der Waals surface area (Å²) in [7, 11) is 2.26. The van der Waals surface area contributed by atoms with Crippen molar-refractivity contribution in [2.45, 2.75) is 39.3 Å². The lowest BCUT2D eigenvalue weighted by atomic mass is 10.1. The minimum Gasteiger partial charge on any atom is -0.384 e. The van der Waals surface area contributed by atoms with Gasteiger partial charge in [-0.05, 0) is 36.4 Å². The Morgan fingerprint density at radius 2 is 2.18 bits per heavy atom. The molecule has 0 bridgehead atoms. The van der Waals surface area contributed by atoms with E-state index >= 15 is 0 Å². The first-order valence-electron chi connectivity index (χ1n) is 6.63. The second-order valence-electron chi connectivity index (χ2n) is 6.25. The van der Waals surface area contributed by atoms with E-state index in [2.05, 4.69) is 49.3 Å². The first kappa shape index (κ1) is 11.1. The minimum atomic E-state index is 0.528. The Morgan fingerprint density at radius 1 is 1.41 bits per heavy atom. The van der Waals surface area contributed by atoms with Crippen molar-refractivity contribution in [3.63, 3.8) is 0 Å². The van der Waals surface area contributed by atoms with E-state index in [9.17, 15) is 0 Å². The number of rotatable bonds is 3. The lowest BCUT2D eigenvalue weighted by Crippen LogP contribution is -2.24. The average molecular weight is 230 g/mol. The topological polar surface area (TPSA) is 15.3 Å². The van der Waals surface area contributed by atoms with Crippen LogP contribution in [0, 0.1) is 5.41 Å². The highest BCUT2D eigenvalue weighted by Gasteiger charge is 2.48. The van der Waals surface area contributed by atoms with Crippen LogP contribution in [0.25, 0.3) is 0 Å². The van der Waals surface area contributed by atoms with Crippen LogP contribution in [0.1, 0.15) is 31.4 Å². The lowest BCUT2D eigenvalue weighted by molar-refractivity contribution is 0.280. The molecule has 0 aromatic heterocycles. The molecule has 2 heteroatoms. The molecule has 1 saturated carbocycles. The molecule has 1 aliphatic carbocycles. The Balaban J connectivity index is 1.76. The smallest absolute Gasteiger partial charge is 0.0419 e. The van der Waals surface area contributed by atoms with Gasteiger partial charge in [0.2, 0.25) is 0 Å². The fourth-order valence-electron chi connectivity index (χ4n) is 3.11. The molecule has 1 atom stereocenters. The second-order valence-corrected chi connectivity index (χ2v) is 6.25. The van der Waals surface area contributed by atoms with Crippen LogP contribution < -0.4 is 5.32 Å². The predicted octanol–water partition coefficient (Wildman–Crippen LogP) is 2.88. The number of hydrogen-bond donors (Lipinski definition) is 1. The van der Waals surface area contributed by atoms with Crippen LogP contribution in [0.4, 0.5) is 5.69 Å². The van der Waals surface area contributed by atoms with Gasteiger partial charge in [0.1, 0.15) is 0 Å². The number of para-hydroxylation sites is 1. The summed E-state index contributed by atoms with van der Waals surface area (Å²) in [4.78, 5) is 2.51. The van der Waals surface area contributed by atoms with Crippen molar-refractivity contribution in [1.29, 1.82) is 0 Å². The Labute approximate surface area is 104 Å². The fraction of sp³-hybridized carbons (Fsp3) is 0.600. The molecule has 1 unspecified atom stereocenters. The van der Waals surface area contributed by atoms with Crippen LogP contribution in [-0.4, -0.2) is 24.5 Å². The molecule has 1 aliphatic heterocycles. The summed E-state index contributed by atoms with van der Waals surface area (Å²) in [5.74, 6) is 0. The van der Waals surface area contributed by atoms with Crippen molar-refractivity contribution in [3.05, 3.63) is 29.3 Å². The summed E-state index contributed by atoms with van der Waals surface area (Å²) < 4.78 is 0. The summed E-state index contributed by atoms with van der Waals surface area (Å²) >= 11 is 0. The standard InChI is InChI=1S/C15H22N2/c1-15(2)9-13(15)17(3)10-12-6-4-5-11-7-8-16-14(11)12/h4-6,13,16H,7-10H2,1-3H3. The number of fused-ring (bicyclic) bond motifs is 1. The SMILES string of the molecule is CN(Cc1cccc2c1NCC2)C1CC1(C)C. The van der Waals surface area contributed by atoms with Crippen LogP contribution in [-0.2, 0) is 13.0 Å². The van der Waals surface area contributed by atoms with Crippen molar-refractivity contribution in [2.75, 3.05) is 18.9 Å². The number of anilines is 1. The van der Waals surface area contributed by atoms with Crippen LogP contribution in [0.2, 0.25) is 0 Å². The molecule has 1 N–H and O–H groups in total. The van der Waals surface area contributed by atoms with E-state index in [0.717, 1.165) is 19.1 Å². The normalized spacial score (nSPS) is 24.6. The highest BCUT2D eigenvalue weighted by atomic mass is 15.2. The second kappa shape index (κ2) is 3.74. The molecule has 1 aromatic rings. The quantitative estimate of drug-likeness (QED) is 0.859. The monoisotopic (exact) mass is 230 g/mol. The highest BCUT2D eigenvalue weighted by Crippen LogP contribution is 2.48. The van der Waals surface area contributed by atoms with Gasteiger partial charge in [0.05, 0.1) is 0 Å². The van der Waals surface area contributed by atoms with Crippen molar-refractivity contribution >= 4 is 5.69 Å². The maximum absolute atomic E-state index is 3.53. The Hall–Kier alpha value is -1.02. The molecule has 1 aromatic carbocycles. The summed E-state index contributed by atoms with van der Waals surface area (Å²) in [6.07, 6.45) is 2.52. The van der Waals surface area contributed by atoms with Crippen molar-refractivity contribution in [1.82, 2.24) is 4.90 Å². The molecule has 3 rings (SSSR count). The Kier molecular flexibility index (Phi) is 2.44. The van der Waals surface area contributed by atoms with Gasteiger partial charge < -0.3 is 5.32 Å². The zero-order valence-electron chi connectivity index (χ0n) is 11.1. The van der Waals surface area contributed by atoms with Gasteiger partial charge in [-0.3, -0.25) is 4.90 Å². The molecule has 0 amide bonds. The van der Waals surface area contributed by atoms with Crippen LogP contribution in [0.15, 0.2) is 18.2 Å². The van der Waals surface area contributed by atoms with Gasteiger partial charge in [0.25, 0.3) is 0 Å². The zero-order chi connectivity index (χ0) is 12.0. The number of nitrogens with one attached hydrogen (secondary N) is 1. The largest absolute Gasteiger partial charge is 0.384 e. The predicted molar refractivity (Wildman–Crippen MR) is 72.3 cm³/mol. The molecule has 0 saturated heterocycles. The van der Waals surface area contributed by atoms with Crippen molar-refractivity contribution in [3.8, 4) is 0 Å². The Bertz CT molecular complexity index is 437. The van der Waals surface area contributed by atoms with Gasteiger partial charge in [0.15, 0.2) is 0 Å². The summed E-state index contributed by atoms with van der Waals surface area (Å²) in [5.41, 5.74) is 4.88. The number of nitrogens with zero attached hydrogens (tertiary/aromatic N) is 1. The van der Waals surface area contributed by atoms with Crippen LogP contribution >= 0.6 is 0 Å². The first-order chi connectivity index (χ1) is 8.08. The number of benzene rings is 1. The van der Waals surface area contributed by atoms with E-state index in [1.54, 1.807) is 0 Å². The molecule has 2 nitrogen and oxygen atoms in total. The molecule has 1 heterocycles. The maximum Gasteiger partial charge on any atom is 0.0419 e. The third kappa shape index (κ3) is 1.95. The average Bonchev–Trinajstić information content (AvgIpc) is 2.75. The molecule has 2 aliphatic rings. The molecular formula is C15H22N2. The van der Waals surface area contributed by atoms with Gasteiger partial charge in [-0.25, -0.2) is 0 Å². The lowest BCUT2D eigenvalue weighted by Gasteiger charge is -2.20. The van der Waals surface area contributed by atoms with Gasteiger partial charge >= 0.3 is 0 Å². The first-order valence-corrected chi connectivity index (χ1v) is 6.63. The molecule has 0 spiro atoms. The molecule has 92 valence electrons. The highest BCUT2D eigenvalue weighted by molar-refractivity contribution is 5.61. The minimum absolute atomic E-state index is 0.528. The maximum atomic E-state index is 3.53. The van der Waals surface area contributed by atoms with Crippen LogP contribution in [0.5, 0.6) is 0 Å². The summed E-state index contributed by atoms with van der Waals surface area (Å²) in [5, 5.41) is 3.53. The molecular weight excluding hydrogens is 208 g/mol. The van der Waals surface area contributed by atoms with E-state index in [4.69, 9.17) is 0 Å². The van der Waals surface area contributed by atoms with Crippen molar-refractivity contribution < 1.29 is 0 Å². The number of hydrogen-bond acceptors (Lipinski definition) is 2. The van der Waals surface area contributed by atoms with Crippen LogP contribution in [0.3, 0.4) is 0 Å². The molecule has 1 fully saturated rings. The van der Waals surface area contributed by atoms with Gasteiger partial charge in [-0.1, -0.05) is 32.0 Å². The van der Waals surface area contributed by atoms with E-state index < -0.39 is 0 Å². The van der Waals surface area contributed by atoms with Crippen molar-refractivity contribution in [2.24, 2.45) is 5.41 Å². The summed E-state index contributed by atoms with van der Waals surface area (Å²) in [6.45, 7) is 6.90. The van der Waals surface area contributed by atoms with E-state index in [1.165, 1.54) is 29.7 Å². The Morgan fingerprint density at radius 3 is 2.88 bits per heavy atom. The fourth-order valence-corrected chi connectivity index (χ4v) is 3.11. The zero-order valence-corrected chi connectivity index (χ0v) is 11.1. The summed E-state index contributed by atoms with van der Waals surface area (Å²) in [6, 6.07) is 7.48. The third-order valence-electron chi connectivity index (χ3n) is 4.35. The van der Waals surface area contributed by atoms with Gasteiger partial charge in [-0.15, -0.1) is 0 Å². The van der Waals surface area contributed by atoms with Gasteiger partial charge in [-0.2, -0.15) is 0 Å². The third-order valence-corrected chi connectivity index (χ3v) is 4.35.